The fourth-order valence-electron chi connectivity index (χ4n) is 2.02. The van der Waals surface area contributed by atoms with Gasteiger partial charge in [0, 0.05) is 16.9 Å². The molecule has 108 valence electrons. The molecule has 4 nitrogen and oxygen atoms in total. The Kier molecular flexibility index (Phi) is 4.33. The van der Waals surface area contributed by atoms with E-state index < -0.39 is 23.5 Å². The second-order valence-corrected chi connectivity index (χ2v) is 6.03. The molecule has 1 aliphatic rings. The first kappa shape index (κ1) is 14.9. The van der Waals surface area contributed by atoms with Crippen LogP contribution in [0.3, 0.4) is 0 Å². The van der Waals surface area contributed by atoms with Crippen molar-refractivity contribution < 1.29 is 19.1 Å². The Morgan fingerprint density at radius 1 is 1.40 bits per heavy atom. The monoisotopic (exact) mass is 296 g/mol. The fourth-order valence-corrected chi connectivity index (χ4v) is 2.15. The van der Waals surface area contributed by atoms with E-state index in [1.165, 1.54) is 0 Å². The van der Waals surface area contributed by atoms with Gasteiger partial charge in [-0.25, -0.2) is 4.79 Å². The highest BCUT2D eigenvalue weighted by Gasteiger charge is 2.46. The lowest BCUT2D eigenvalue weighted by Crippen LogP contribution is -2.35. The van der Waals surface area contributed by atoms with Crippen LogP contribution in [-0.2, 0) is 25.5 Å². The minimum absolute atomic E-state index is 0.224. The van der Waals surface area contributed by atoms with Gasteiger partial charge in [0.15, 0.2) is 0 Å². The molecule has 5 heteroatoms. The maximum Gasteiger partial charge on any atom is 0.348 e. The molecule has 0 aromatic heterocycles. The molecular formula is C15H17ClO4. The van der Waals surface area contributed by atoms with Crippen LogP contribution >= 0.6 is 11.6 Å². The lowest BCUT2D eigenvalue weighted by atomic mass is 9.90. The second kappa shape index (κ2) is 5.83. The minimum Gasteiger partial charge on any atom is -0.462 e. The smallest absolute Gasteiger partial charge is 0.348 e. The van der Waals surface area contributed by atoms with E-state index in [1.54, 1.807) is 12.1 Å². The van der Waals surface area contributed by atoms with Gasteiger partial charge in [0.2, 0.25) is 6.10 Å². The van der Waals surface area contributed by atoms with Gasteiger partial charge in [0.25, 0.3) is 0 Å². The molecule has 0 unspecified atom stereocenters. The molecule has 1 aromatic carbocycles. The average molecular weight is 297 g/mol. The summed E-state index contributed by atoms with van der Waals surface area (Å²) in [5.74, 6) is -0.855. The van der Waals surface area contributed by atoms with Gasteiger partial charge < -0.3 is 9.47 Å². The molecular weight excluding hydrogens is 280 g/mol. The Morgan fingerprint density at radius 3 is 2.60 bits per heavy atom. The van der Waals surface area contributed by atoms with Crippen LogP contribution < -0.4 is 0 Å². The number of benzene rings is 1. The van der Waals surface area contributed by atoms with Gasteiger partial charge in [0.05, 0.1) is 0 Å². The number of carbonyl (C=O) groups is 2. The van der Waals surface area contributed by atoms with Crippen molar-refractivity contribution in [2.45, 2.75) is 32.8 Å². The summed E-state index contributed by atoms with van der Waals surface area (Å²) in [6.45, 7) is 3.96. The molecule has 1 heterocycles. The Bertz CT molecular complexity index is 507. The van der Waals surface area contributed by atoms with Crippen molar-refractivity contribution in [1.82, 2.24) is 0 Å². The zero-order valence-corrected chi connectivity index (χ0v) is 12.3. The molecule has 0 saturated carbocycles. The topological polar surface area (TPSA) is 52.6 Å². The van der Waals surface area contributed by atoms with E-state index in [4.69, 9.17) is 21.1 Å². The molecule has 0 bridgehead atoms. The number of hydrogen-bond donors (Lipinski definition) is 0. The van der Waals surface area contributed by atoms with Crippen molar-refractivity contribution in [3.63, 3.8) is 0 Å². The first-order valence-electron chi connectivity index (χ1n) is 6.49. The molecule has 2 rings (SSSR count). The van der Waals surface area contributed by atoms with Crippen LogP contribution in [0.2, 0.25) is 5.02 Å². The van der Waals surface area contributed by atoms with E-state index in [0.717, 1.165) is 5.56 Å². The van der Waals surface area contributed by atoms with Gasteiger partial charge in [-0.05, 0) is 24.1 Å². The molecule has 0 N–H and O–H groups in total. The lowest BCUT2D eigenvalue weighted by molar-refractivity contribution is -0.163. The van der Waals surface area contributed by atoms with Crippen molar-refractivity contribution in [2.75, 3.05) is 6.61 Å². The minimum atomic E-state index is -0.805. The van der Waals surface area contributed by atoms with Crippen LogP contribution in [0.25, 0.3) is 0 Å². The molecule has 0 amide bonds. The molecule has 1 aromatic rings. The van der Waals surface area contributed by atoms with Gasteiger partial charge >= 0.3 is 11.9 Å². The predicted octanol–water partition coefficient (Wildman–Crippen LogP) is 2.77. The van der Waals surface area contributed by atoms with Crippen molar-refractivity contribution in [3.05, 3.63) is 34.9 Å². The Labute approximate surface area is 123 Å². The average Bonchev–Trinajstić information content (AvgIpc) is 2.65. The van der Waals surface area contributed by atoms with Crippen LogP contribution in [0.4, 0.5) is 0 Å². The molecule has 20 heavy (non-hydrogen) atoms. The van der Waals surface area contributed by atoms with E-state index in [9.17, 15) is 9.59 Å². The molecule has 1 fully saturated rings. The Hall–Kier alpha value is -1.55. The highest BCUT2D eigenvalue weighted by molar-refractivity contribution is 6.30. The van der Waals surface area contributed by atoms with E-state index in [1.807, 2.05) is 26.0 Å². The maximum atomic E-state index is 11.8. The van der Waals surface area contributed by atoms with Crippen LogP contribution in [0.15, 0.2) is 24.3 Å². The van der Waals surface area contributed by atoms with Crippen molar-refractivity contribution >= 4 is 23.5 Å². The molecule has 1 aliphatic heterocycles. The molecule has 1 saturated heterocycles. The third kappa shape index (κ3) is 3.51. The summed E-state index contributed by atoms with van der Waals surface area (Å²) in [5, 5.41) is 0.659. The van der Waals surface area contributed by atoms with Crippen LogP contribution in [0, 0.1) is 5.41 Å². The maximum absolute atomic E-state index is 11.8. The SMILES string of the molecule is CC1(C)COC(=O)[C@@H]1OC(=O)CCc1ccc(Cl)cc1. The lowest BCUT2D eigenvalue weighted by Gasteiger charge is -2.21. The van der Waals surface area contributed by atoms with Crippen LogP contribution in [0.5, 0.6) is 0 Å². The summed E-state index contributed by atoms with van der Waals surface area (Å²) < 4.78 is 10.2. The van der Waals surface area contributed by atoms with E-state index >= 15 is 0 Å². The first-order valence-corrected chi connectivity index (χ1v) is 6.87. The molecule has 1 atom stereocenters. The first-order chi connectivity index (χ1) is 9.38. The standard InChI is InChI=1S/C15H17ClO4/c1-15(2)9-19-14(18)13(15)20-12(17)8-5-10-3-6-11(16)7-4-10/h3-4,6-7,13H,5,8-9H2,1-2H3/t13-/m0/s1. The predicted molar refractivity (Wildman–Crippen MR) is 74.4 cm³/mol. The van der Waals surface area contributed by atoms with Gasteiger partial charge in [-0.2, -0.15) is 0 Å². The van der Waals surface area contributed by atoms with Crippen LogP contribution in [-0.4, -0.2) is 24.6 Å². The van der Waals surface area contributed by atoms with Gasteiger partial charge in [0.1, 0.15) is 6.61 Å². The normalized spacial score (nSPS) is 20.6. The van der Waals surface area contributed by atoms with Gasteiger partial charge in [-0.1, -0.05) is 37.6 Å². The zero-order valence-electron chi connectivity index (χ0n) is 11.5. The zero-order chi connectivity index (χ0) is 14.8. The van der Waals surface area contributed by atoms with Gasteiger partial charge in [-0.3, -0.25) is 4.79 Å². The summed E-state index contributed by atoms with van der Waals surface area (Å²) in [7, 11) is 0. The Morgan fingerprint density at radius 2 is 2.05 bits per heavy atom. The van der Waals surface area contributed by atoms with E-state index in [-0.39, 0.29) is 13.0 Å². The summed E-state index contributed by atoms with van der Waals surface area (Å²) in [6, 6.07) is 7.28. The van der Waals surface area contributed by atoms with Crippen molar-refractivity contribution in [2.24, 2.45) is 5.41 Å². The fraction of sp³-hybridized carbons (Fsp3) is 0.467. The quantitative estimate of drug-likeness (QED) is 0.802. The number of rotatable bonds is 4. The van der Waals surface area contributed by atoms with Crippen molar-refractivity contribution in [3.8, 4) is 0 Å². The number of hydrogen-bond acceptors (Lipinski definition) is 4. The number of ether oxygens (including phenoxy) is 2. The van der Waals surface area contributed by atoms with Crippen LogP contribution in [0.1, 0.15) is 25.8 Å². The summed E-state index contributed by atoms with van der Waals surface area (Å²) in [5.41, 5.74) is 0.534. The van der Waals surface area contributed by atoms with Gasteiger partial charge in [-0.15, -0.1) is 0 Å². The third-order valence-electron chi connectivity index (χ3n) is 3.29. The number of cyclic esters (lactones) is 1. The third-order valence-corrected chi connectivity index (χ3v) is 3.54. The number of halogens is 1. The molecule has 0 radical (unpaired) electrons. The van der Waals surface area contributed by atoms with E-state index in [0.29, 0.717) is 11.4 Å². The second-order valence-electron chi connectivity index (χ2n) is 5.59. The number of aryl methyl sites for hydroxylation is 1. The summed E-state index contributed by atoms with van der Waals surface area (Å²) in [6.07, 6.45) is -0.0279. The van der Waals surface area contributed by atoms with Crippen molar-refractivity contribution in [1.29, 1.82) is 0 Å². The summed E-state index contributed by atoms with van der Waals surface area (Å²) >= 11 is 5.79. The van der Waals surface area contributed by atoms with E-state index in [2.05, 4.69) is 0 Å². The largest absolute Gasteiger partial charge is 0.462 e. The Balaban J connectivity index is 1.86. The molecule has 0 spiro atoms. The number of carbonyl (C=O) groups excluding carboxylic acids is 2. The highest BCUT2D eigenvalue weighted by Crippen LogP contribution is 2.31. The highest BCUT2D eigenvalue weighted by atomic mass is 35.5. The molecule has 0 aliphatic carbocycles. The summed E-state index contributed by atoms with van der Waals surface area (Å²) in [4.78, 5) is 23.3. The number of esters is 2.